The normalized spacial score (nSPS) is 12.0. The largest absolute Gasteiger partial charge is 0.505 e. The Morgan fingerprint density at radius 3 is 2.57 bits per heavy atom. The van der Waals surface area contributed by atoms with Gasteiger partial charge in [0.1, 0.15) is 6.54 Å². The molecular formula is C21H18ClFN2O5. The van der Waals surface area contributed by atoms with Crippen molar-refractivity contribution in [1.29, 1.82) is 0 Å². The molecule has 0 bridgehead atoms. The lowest BCUT2D eigenvalue weighted by Gasteiger charge is -2.13. The molecule has 1 unspecified atom stereocenters. The number of carbonyl (C=O) groups is 3. The van der Waals surface area contributed by atoms with Gasteiger partial charge in [0.2, 0.25) is 5.91 Å². The molecule has 3 N–H and O–H groups in total. The lowest BCUT2D eigenvalue weighted by molar-refractivity contribution is -0.138. The highest BCUT2D eigenvalue weighted by Gasteiger charge is 2.29. The summed E-state index contributed by atoms with van der Waals surface area (Å²) in [4.78, 5) is 36.4. The molecule has 0 fully saturated rings. The number of nitrogens with one attached hydrogen (secondary N) is 1. The Labute approximate surface area is 175 Å². The molecule has 0 aliphatic carbocycles. The Bertz CT molecular complexity index is 1190. The van der Waals surface area contributed by atoms with E-state index in [4.69, 9.17) is 16.7 Å². The quantitative estimate of drug-likeness (QED) is 0.572. The molecule has 0 radical (unpaired) electrons. The fourth-order valence-electron chi connectivity index (χ4n) is 3.47. The number of nitrogens with zero attached hydrogens (tertiary/aromatic N) is 1. The number of hydrogen-bond acceptors (Lipinski definition) is 4. The zero-order valence-corrected chi connectivity index (χ0v) is 16.8. The molecule has 156 valence electrons. The van der Waals surface area contributed by atoms with Crippen molar-refractivity contribution in [3.8, 4) is 5.75 Å². The van der Waals surface area contributed by atoms with E-state index in [-0.39, 0.29) is 27.7 Å². The third-order valence-corrected chi connectivity index (χ3v) is 5.08. The number of benzene rings is 2. The molecule has 9 heteroatoms. The predicted octanol–water partition coefficient (Wildman–Crippen LogP) is 3.44. The van der Waals surface area contributed by atoms with E-state index < -0.39 is 41.8 Å². The maximum absolute atomic E-state index is 14.9. The van der Waals surface area contributed by atoms with Crippen LogP contribution in [0.4, 0.5) is 4.39 Å². The van der Waals surface area contributed by atoms with Crippen LogP contribution in [0.5, 0.6) is 5.75 Å². The molecular weight excluding hydrogens is 415 g/mol. The first-order valence-corrected chi connectivity index (χ1v) is 9.33. The van der Waals surface area contributed by atoms with Gasteiger partial charge in [0.25, 0.3) is 5.91 Å². The Morgan fingerprint density at radius 2 is 1.93 bits per heavy atom. The number of aliphatic carboxylic acids is 1. The van der Waals surface area contributed by atoms with Crippen LogP contribution in [0.15, 0.2) is 36.4 Å². The smallest absolute Gasteiger partial charge is 0.322 e. The predicted molar refractivity (Wildman–Crippen MR) is 109 cm³/mol. The highest BCUT2D eigenvalue weighted by molar-refractivity contribution is 6.31. The lowest BCUT2D eigenvalue weighted by atomic mass is 9.96. The van der Waals surface area contributed by atoms with Crippen molar-refractivity contribution in [2.45, 2.75) is 19.8 Å². The molecule has 1 atom stereocenters. The first kappa shape index (κ1) is 21.3. The standard InChI is InChI=1S/C21H18ClFN2O5/c1-10(20(29)24-9-16(27)28)17-11(2)25(14-6-7-15(26)19(23)18(14)17)21(30)12-4-3-5-13(22)8-12/h3-8,10,26H,9H2,1-2H3,(H,24,29)(H,27,28). The zero-order chi connectivity index (χ0) is 22.2. The molecule has 1 heterocycles. The summed E-state index contributed by atoms with van der Waals surface area (Å²) in [6.45, 7) is 2.42. The number of aromatic nitrogens is 1. The Hall–Kier alpha value is -3.39. The van der Waals surface area contributed by atoms with E-state index in [1.807, 2.05) is 0 Å². The first-order chi connectivity index (χ1) is 14.1. The number of halogens is 2. The third-order valence-electron chi connectivity index (χ3n) is 4.85. The molecule has 2 aromatic carbocycles. The Morgan fingerprint density at radius 1 is 1.23 bits per heavy atom. The molecule has 1 amide bonds. The number of aromatic hydroxyl groups is 1. The first-order valence-electron chi connectivity index (χ1n) is 8.95. The number of amides is 1. The van der Waals surface area contributed by atoms with E-state index in [9.17, 15) is 23.9 Å². The van der Waals surface area contributed by atoms with Crippen molar-refractivity contribution in [3.05, 3.63) is 64.1 Å². The monoisotopic (exact) mass is 432 g/mol. The SMILES string of the molecule is Cc1c(C(C)C(=O)NCC(=O)O)c2c(F)c(O)ccc2n1C(=O)c1cccc(Cl)c1. The Balaban J connectivity index is 2.22. The van der Waals surface area contributed by atoms with E-state index in [0.29, 0.717) is 5.02 Å². The van der Waals surface area contributed by atoms with Crippen molar-refractivity contribution >= 4 is 40.3 Å². The molecule has 0 saturated carbocycles. The van der Waals surface area contributed by atoms with Crippen LogP contribution in [-0.4, -0.2) is 39.1 Å². The summed E-state index contributed by atoms with van der Waals surface area (Å²) >= 11 is 5.98. The summed E-state index contributed by atoms with van der Waals surface area (Å²) < 4.78 is 16.1. The second-order valence-electron chi connectivity index (χ2n) is 6.78. The van der Waals surface area contributed by atoms with Crippen LogP contribution >= 0.6 is 11.6 Å². The van der Waals surface area contributed by atoms with Crippen LogP contribution in [0, 0.1) is 12.7 Å². The zero-order valence-electron chi connectivity index (χ0n) is 16.1. The highest BCUT2D eigenvalue weighted by atomic mass is 35.5. The van der Waals surface area contributed by atoms with Crippen molar-refractivity contribution in [3.63, 3.8) is 0 Å². The van der Waals surface area contributed by atoms with Gasteiger partial charge >= 0.3 is 5.97 Å². The minimum absolute atomic E-state index is 0.0825. The van der Waals surface area contributed by atoms with Gasteiger partial charge in [0.05, 0.1) is 11.4 Å². The average molecular weight is 433 g/mol. The van der Waals surface area contributed by atoms with Gasteiger partial charge in [-0.2, -0.15) is 0 Å². The van der Waals surface area contributed by atoms with Gasteiger partial charge in [-0.05, 0) is 49.7 Å². The van der Waals surface area contributed by atoms with Gasteiger partial charge < -0.3 is 15.5 Å². The van der Waals surface area contributed by atoms with Crippen molar-refractivity contribution in [2.75, 3.05) is 6.54 Å². The molecule has 0 aliphatic heterocycles. The van der Waals surface area contributed by atoms with Gasteiger partial charge in [0.15, 0.2) is 11.6 Å². The second-order valence-corrected chi connectivity index (χ2v) is 7.21. The van der Waals surface area contributed by atoms with E-state index in [2.05, 4.69) is 5.32 Å². The number of carboxylic acids is 1. The van der Waals surface area contributed by atoms with Gasteiger partial charge in [-0.25, -0.2) is 4.39 Å². The number of carboxylic acid groups (broad SMARTS) is 1. The Kier molecular flexibility index (Phi) is 5.80. The van der Waals surface area contributed by atoms with Crippen LogP contribution in [0.25, 0.3) is 10.9 Å². The molecule has 1 aromatic heterocycles. The second kappa shape index (κ2) is 8.16. The van der Waals surface area contributed by atoms with Gasteiger partial charge in [-0.1, -0.05) is 17.7 Å². The highest BCUT2D eigenvalue weighted by Crippen LogP contribution is 2.37. The summed E-state index contributed by atoms with van der Waals surface area (Å²) in [6.07, 6.45) is 0. The summed E-state index contributed by atoms with van der Waals surface area (Å²) in [6, 6.07) is 8.74. The lowest BCUT2D eigenvalue weighted by Crippen LogP contribution is -2.32. The maximum Gasteiger partial charge on any atom is 0.322 e. The third kappa shape index (κ3) is 3.73. The van der Waals surface area contributed by atoms with Crippen LogP contribution in [0.2, 0.25) is 5.02 Å². The molecule has 3 rings (SSSR count). The van der Waals surface area contributed by atoms with E-state index >= 15 is 0 Å². The van der Waals surface area contributed by atoms with Crippen molar-refractivity contribution in [2.24, 2.45) is 0 Å². The number of fused-ring (bicyclic) bond motifs is 1. The van der Waals surface area contributed by atoms with Gasteiger partial charge in [-0.15, -0.1) is 0 Å². The fourth-order valence-corrected chi connectivity index (χ4v) is 3.66. The summed E-state index contributed by atoms with van der Waals surface area (Å²) in [5, 5.41) is 21.2. The van der Waals surface area contributed by atoms with Gasteiger partial charge in [0, 0.05) is 21.7 Å². The van der Waals surface area contributed by atoms with Crippen LogP contribution in [-0.2, 0) is 9.59 Å². The van der Waals surface area contributed by atoms with Gasteiger partial charge in [-0.3, -0.25) is 19.0 Å². The average Bonchev–Trinajstić information content (AvgIpc) is 3.00. The minimum Gasteiger partial charge on any atom is -0.505 e. The fraction of sp³-hybridized carbons (Fsp3) is 0.190. The maximum atomic E-state index is 14.9. The van der Waals surface area contributed by atoms with E-state index in [0.717, 1.165) is 6.07 Å². The van der Waals surface area contributed by atoms with Crippen molar-refractivity contribution < 1.29 is 29.0 Å². The molecule has 0 spiro atoms. The van der Waals surface area contributed by atoms with Crippen LogP contribution < -0.4 is 5.32 Å². The number of phenols is 1. The van der Waals surface area contributed by atoms with Crippen molar-refractivity contribution in [1.82, 2.24) is 9.88 Å². The number of hydrogen-bond donors (Lipinski definition) is 3. The van der Waals surface area contributed by atoms with Crippen LogP contribution in [0.3, 0.4) is 0 Å². The van der Waals surface area contributed by atoms with E-state index in [1.165, 1.54) is 23.6 Å². The summed E-state index contributed by atoms with van der Waals surface area (Å²) in [7, 11) is 0. The molecule has 0 aliphatic rings. The molecule has 0 saturated heterocycles. The topological polar surface area (TPSA) is 109 Å². The summed E-state index contributed by atoms with van der Waals surface area (Å²) in [5.74, 6) is -4.96. The van der Waals surface area contributed by atoms with Crippen LogP contribution in [0.1, 0.15) is 34.5 Å². The van der Waals surface area contributed by atoms with E-state index in [1.54, 1.807) is 25.1 Å². The molecule has 7 nitrogen and oxygen atoms in total. The minimum atomic E-state index is -1.23. The molecule has 30 heavy (non-hydrogen) atoms. The molecule has 3 aromatic rings. The summed E-state index contributed by atoms with van der Waals surface area (Å²) in [5.41, 5.74) is 0.889. The number of phenolic OH excluding ortho intramolecular Hbond substituents is 1. The number of rotatable bonds is 5. The number of carbonyl (C=O) groups excluding carboxylic acids is 2.